The lowest BCUT2D eigenvalue weighted by molar-refractivity contribution is -0.133. The second kappa shape index (κ2) is 13.6. The number of nitrogens with zero attached hydrogens (tertiary/aromatic N) is 2. The van der Waals surface area contributed by atoms with Crippen molar-refractivity contribution in [2.45, 2.75) is 142 Å². The molecular formula is C36H66N2O2. The van der Waals surface area contributed by atoms with Crippen molar-refractivity contribution < 1.29 is 9.59 Å². The summed E-state index contributed by atoms with van der Waals surface area (Å²) in [5.74, 6) is 1.28. The van der Waals surface area contributed by atoms with Crippen LogP contribution in [0.15, 0.2) is 22.4 Å². The van der Waals surface area contributed by atoms with Crippen LogP contribution >= 0.6 is 0 Å². The third kappa shape index (κ3) is 9.76. The van der Waals surface area contributed by atoms with Gasteiger partial charge in [-0.1, -0.05) is 115 Å². The van der Waals surface area contributed by atoms with Crippen molar-refractivity contribution in [3.63, 3.8) is 0 Å². The van der Waals surface area contributed by atoms with Crippen molar-refractivity contribution in [3.8, 4) is 0 Å². The fourth-order valence-corrected chi connectivity index (χ4v) is 6.60. The van der Waals surface area contributed by atoms with E-state index in [1.54, 1.807) is 0 Å². The van der Waals surface area contributed by atoms with Crippen LogP contribution in [0.25, 0.3) is 0 Å². The zero-order chi connectivity index (χ0) is 31.4. The molecule has 2 rings (SSSR count). The van der Waals surface area contributed by atoms with E-state index in [2.05, 4.69) is 96.9 Å². The highest BCUT2D eigenvalue weighted by molar-refractivity contribution is 5.80. The van der Waals surface area contributed by atoms with Crippen LogP contribution in [0, 0.1) is 33.5 Å². The van der Waals surface area contributed by atoms with Crippen molar-refractivity contribution in [2.75, 3.05) is 20.6 Å². The van der Waals surface area contributed by atoms with Gasteiger partial charge in [-0.15, -0.1) is 0 Å². The van der Waals surface area contributed by atoms with E-state index >= 15 is 0 Å². The highest BCUT2D eigenvalue weighted by Gasteiger charge is 2.38. The maximum absolute atomic E-state index is 12.6. The fourth-order valence-electron chi connectivity index (χ4n) is 6.60. The van der Waals surface area contributed by atoms with E-state index in [9.17, 15) is 9.59 Å². The van der Waals surface area contributed by atoms with E-state index in [0.29, 0.717) is 18.2 Å². The van der Waals surface area contributed by atoms with Crippen LogP contribution in [0.3, 0.4) is 0 Å². The first-order valence-electron chi connectivity index (χ1n) is 15.9. The molecule has 40 heavy (non-hydrogen) atoms. The first-order valence-corrected chi connectivity index (χ1v) is 15.9. The summed E-state index contributed by atoms with van der Waals surface area (Å²) in [5.41, 5.74) is 6.06. The highest BCUT2D eigenvalue weighted by atomic mass is 16.2. The van der Waals surface area contributed by atoms with Gasteiger partial charge in [0.2, 0.25) is 11.8 Å². The zero-order valence-corrected chi connectivity index (χ0v) is 29.5. The Morgan fingerprint density at radius 3 is 1.50 bits per heavy atom. The number of allylic oxidation sites excluding steroid dienone is 3. The fraction of sp³-hybridized carbons (Fsp3) is 0.833. The number of hydrogen-bond acceptors (Lipinski definition) is 2. The molecule has 2 heterocycles. The molecule has 0 aromatic carbocycles. The van der Waals surface area contributed by atoms with Crippen LogP contribution in [0.2, 0.25) is 0 Å². The Kier molecular flexibility index (Phi) is 12.4. The normalized spacial score (nSPS) is 22.3. The summed E-state index contributed by atoms with van der Waals surface area (Å²) in [5, 5.41) is 0. The number of carbonyl (C=O) groups is 2. The molecule has 0 bridgehead atoms. The monoisotopic (exact) mass is 559 g/mol. The van der Waals surface area contributed by atoms with Gasteiger partial charge >= 0.3 is 0 Å². The molecule has 0 N–H and O–H groups in total. The lowest BCUT2D eigenvalue weighted by Crippen LogP contribution is -2.34. The molecule has 2 aliphatic rings. The number of rotatable bonds is 4. The van der Waals surface area contributed by atoms with Gasteiger partial charge in [0.1, 0.15) is 0 Å². The van der Waals surface area contributed by atoms with E-state index in [-0.39, 0.29) is 33.5 Å². The van der Waals surface area contributed by atoms with E-state index in [1.807, 2.05) is 23.9 Å². The number of carbonyl (C=O) groups excluding carboxylic acids is 2. The lowest BCUT2D eigenvalue weighted by Gasteiger charge is -2.36. The van der Waals surface area contributed by atoms with Crippen molar-refractivity contribution in [1.82, 2.24) is 9.80 Å². The summed E-state index contributed by atoms with van der Waals surface area (Å²) in [6, 6.07) is 0. The second-order valence-electron chi connectivity index (χ2n) is 16.7. The Morgan fingerprint density at radius 1 is 0.625 bits per heavy atom. The molecule has 2 aliphatic heterocycles. The SMILES string of the molecule is CCCC1CC(=O)N(C)C(C(C)(C)C)=C(C(C)(C)C)C1.CCCC1CC(C(C)(C)C)=C(C(C)(C)C)CN(C)C1=O. The van der Waals surface area contributed by atoms with Crippen LogP contribution < -0.4 is 0 Å². The number of hydrogen-bond donors (Lipinski definition) is 0. The van der Waals surface area contributed by atoms with E-state index in [4.69, 9.17) is 0 Å². The molecule has 2 unspecified atom stereocenters. The molecule has 0 aromatic heterocycles. The van der Waals surface area contributed by atoms with Crippen LogP contribution in [-0.4, -0.2) is 42.3 Å². The Bertz CT molecular complexity index is 941. The van der Waals surface area contributed by atoms with Gasteiger partial charge in [-0.05, 0) is 59.0 Å². The first kappa shape index (κ1) is 36.4. The Balaban J connectivity index is 0.000000400. The van der Waals surface area contributed by atoms with E-state index < -0.39 is 0 Å². The first-order chi connectivity index (χ1) is 18.0. The molecule has 0 fully saturated rings. The van der Waals surface area contributed by atoms with Crippen molar-refractivity contribution in [1.29, 1.82) is 0 Å². The molecule has 2 atom stereocenters. The standard InChI is InChI=1S/2C18H33NO/c1-9-10-13-11-14(17(2,3)4)15(18(5,6)7)12-19(8)16(13)20;1-9-10-13-11-14(17(2,3)4)16(18(5,6)7)19(8)15(20)12-13/h2*13H,9-12H2,1-8H3. The lowest BCUT2D eigenvalue weighted by atomic mass is 9.72. The van der Waals surface area contributed by atoms with E-state index in [1.165, 1.54) is 22.4 Å². The molecule has 0 saturated heterocycles. The van der Waals surface area contributed by atoms with Crippen LogP contribution in [0.1, 0.15) is 142 Å². The zero-order valence-electron chi connectivity index (χ0n) is 29.5. The smallest absolute Gasteiger partial charge is 0.226 e. The maximum atomic E-state index is 12.6. The van der Waals surface area contributed by atoms with Crippen LogP contribution in [-0.2, 0) is 9.59 Å². The van der Waals surface area contributed by atoms with Crippen molar-refractivity contribution in [3.05, 3.63) is 22.4 Å². The predicted octanol–water partition coefficient (Wildman–Crippen LogP) is 9.65. The van der Waals surface area contributed by atoms with Gasteiger partial charge < -0.3 is 9.80 Å². The molecular weight excluding hydrogens is 492 g/mol. The van der Waals surface area contributed by atoms with Gasteiger partial charge in [0.15, 0.2) is 0 Å². The average Bonchev–Trinajstić information content (AvgIpc) is 2.98. The van der Waals surface area contributed by atoms with Gasteiger partial charge in [-0.3, -0.25) is 9.59 Å². The molecule has 0 radical (unpaired) electrons. The predicted molar refractivity (Wildman–Crippen MR) is 173 cm³/mol. The number of amides is 2. The molecule has 0 saturated carbocycles. The number of likely N-dealkylation sites (N-methyl/N-ethyl adjacent to an activating group) is 1. The molecule has 0 spiro atoms. The van der Waals surface area contributed by atoms with Crippen molar-refractivity contribution in [2.24, 2.45) is 33.5 Å². The summed E-state index contributed by atoms with van der Waals surface area (Å²) in [6.07, 6.45) is 7.09. The molecule has 2 amide bonds. The molecule has 4 heteroatoms. The maximum Gasteiger partial charge on any atom is 0.226 e. The highest BCUT2D eigenvalue weighted by Crippen LogP contribution is 2.45. The van der Waals surface area contributed by atoms with Gasteiger partial charge in [0, 0.05) is 44.1 Å². The average molecular weight is 559 g/mol. The van der Waals surface area contributed by atoms with Gasteiger partial charge in [-0.2, -0.15) is 0 Å². The Morgan fingerprint density at radius 2 is 1.10 bits per heavy atom. The van der Waals surface area contributed by atoms with Crippen molar-refractivity contribution >= 4 is 11.8 Å². The summed E-state index contributed by atoms with van der Waals surface area (Å²) < 4.78 is 0. The molecule has 0 aliphatic carbocycles. The summed E-state index contributed by atoms with van der Waals surface area (Å²) >= 11 is 0. The minimum absolute atomic E-state index is 0.00806. The van der Waals surface area contributed by atoms with Gasteiger partial charge in [0.05, 0.1) is 0 Å². The molecule has 4 nitrogen and oxygen atoms in total. The summed E-state index contributed by atoms with van der Waals surface area (Å²) in [7, 11) is 3.92. The minimum atomic E-state index is 0.00806. The third-order valence-corrected chi connectivity index (χ3v) is 8.65. The third-order valence-electron chi connectivity index (χ3n) is 8.65. The quantitative estimate of drug-likeness (QED) is 0.322. The largest absolute Gasteiger partial charge is 0.341 e. The van der Waals surface area contributed by atoms with Gasteiger partial charge in [-0.25, -0.2) is 0 Å². The second-order valence-corrected chi connectivity index (χ2v) is 16.7. The summed E-state index contributed by atoms with van der Waals surface area (Å²) in [4.78, 5) is 29.0. The van der Waals surface area contributed by atoms with Crippen LogP contribution in [0.4, 0.5) is 0 Å². The molecule has 0 aromatic rings. The van der Waals surface area contributed by atoms with Gasteiger partial charge in [0.25, 0.3) is 0 Å². The topological polar surface area (TPSA) is 40.6 Å². The minimum Gasteiger partial charge on any atom is -0.341 e. The van der Waals surface area contributed by atoms with E-state index in [0.717, 1.165) is 45.1 Å². The Hall–Kier alpha value is -1.58. The summed E-state index contributed by atoms with van der Waals surface area (Å²) in [6.45, 7) is 32.3. The van der Waals surface area contributed by atoms with Crippen LogP contribution in [0.5, 0.6) is 0 Å². The molecule has 232 valence electrons. The Labute approximate surface area is 249 Å².